The third kappa shape index (κ3) is 6.84. The number of ether oxygens (including phenoxy) is 1. The molecule has 0 aromatic heterocycles. The van der Waals surface area contributed by atoms with Crippen LogP contribution in [0.15, 0.2) is 59.5 Å². The van der Waals surface area contributed by atoms with E-state index in [0.717, 1.165) is 31.7 Å². The van der Waals surface area contributed by atoms with E-state index < -0.39 is 0 Å². The molecule has 146 valence electrons. The third-order valence-electron chi connectivity index (χ3n) is 4.61. The number of thioether (sulfide) groups is 1. The Labute approximate surface area is 172 Å². The van der Waals surface area contributed by atoms with Gasteiger partial charge in [-0.1, -0.05) is 48.0 Å². The highest BCUT2D eigenvalue weighted by Crippen LogP contribution is 2.29. The van der Waals surface area contributed by atoms with Crippen LogP contribution >= 0.6 is 23.7 Å². The Kier molecular flexibility index (Phi) is 8.55. The minimum Gasteiger partial charge on any atom is -0.364 e. The van der Waals surface area contributed by atoms with Crippen molar-refractivity contribution in [1.82, 2.24) is 9.62 Å². The first-order valence-electron chi connectivity index (χ1n) is 9.75. The molecular weight excluding hydrogens is 372 g/mol. The molecule has 0 radical (unpaired) electrons. The molecule has 2 aromatic carbocycles. The molecule has 5 heteroatoms. The molecule has 2 atom stereocenters. The smallest absolute Gasteiger partial charge is 0.109 e. The Morgan fingerprint density at radius 2 is 1.96 bits per heavy atom. The highest BCUT2D eigenvalue weighted by molar-refractivity contribution is 8.00. The quantitative estimate of drug-likeness (QED) is 0.472. The number of hydrogen-bond acceptors (Lipinski definition) is 5. The number of nitrogens with zero attached hydrogens (tertiary/aromatic N) is 1. The van der Waals surface area contributed by atoms with Gasteiger partial charge in [0.25, 0.3) is 0 Å². The van der Waals surface area contributed by atoms with Crippen molar-refractivity contribution in [2.45, 2.75) is 44.0 Å². The average Bonchev–Trinajstić information content (AvgIpc) is 2.70. The Hall–Kier alpha value is -0.980. The Morgan fingerprint density at radius 3 is 2.70 bits per heavy atom. The first kappa shape index (κ1) is 20.7. The summed E-state index contributed by atoms with van der Waals surface area (Å²) in [5.41, 5.74) is 2.67. The van der Waals surface area contributed by atoms with Crippen LogP contribution in [0.1, 0.15) is 24.5 Å². The molecule has 2 aromatic rings. The molecule has 1 aliphatic rings. The normalized spacial score (nSPS) is 19.1. The van der Waals surface area contributed by atoms with Gasteiger partial charge in [-0.15, -0.1) is 0 Å². The van der Waals surface area contributed by atoms with Gasteiger partial charge < -0.3 is 4.74 Å². The van der Waals surface area contributed by atoms with Gasteiger partial charge in [-0.05, 0) is 56.3 Å². The lowest BCUT2D eigenvalue weighted by Crippen LogP contribution is -2.52. The second-order valence-electron chi connectivity index (χ2n) is 6.77. The van der Waals surface area contributed by atoms with Gasteiger partial charge in [0, 0.05) is 29.6 Å². The predicted octanol–water partition coefficient (Wildman–Crippen LogP) is 4.96. The number of nitrogens with one attached hydrogen (secondary N) is 1. The summed E-state index contributed by atoms with van der Waals surface area (Å²) in [5.74, 6) is 2.27. The molecule has 0 amide bonds. The number of rotatable bonds is 9. The maximum absolute atomic E-state index is 6.02. The van der Waals surface area contributed by atoms with E-state index in [1.54, 1.807) is 0 Å². The summed E-state index contributed by atoms with van der Waals surface area (Å²) in [6.07, 6.45) is 2.42. The topological polar surface area (TPSA) is 24.5 Å². The summed E-state index contributed by atoms with van der Waals surface area (Å²) in [5, 5.41) is 3.77. The molecule has 1 N–H and O–H groups in total. The zero-order valence-corrected chi connectivity index (χ0v) is 17.9. The summed E-state index contributed by atoms with van der Waals surface area (Å²) in [6, 6.07) is 19.5. The molecule has 3 nitrogen and oxygen atoms in total. The van der Waals surface area contributed by atoms with Crippen molar-refractivity contribution in [3.63, 3.8) is 0 Å². The lowest BCUT2D eigenvalue weighted by Gasteiger charge is -2.37. The van der Waals surface area contributed by atoms with Crippen molar-refractivity contribution in [3.8, 4) is 0 Å². The molecule has 27 heavy (non-hydrogen) atoms. The summed E-state index contributed by atoms with van der Waals surface area (Å²) >= 11 is 3.88. The maximum atomic E-state index is 6.02. The summed E-state index contributed by atoms with van der Waals surface area (Å²) in [7, 11) is 0. The number of aryl methyl sites for hydroxylation is 2. The summed E-state index contributed by atoms with van der Waals surface area (Å²) in [4.78, 5) is 1.30. The molecule has 0 bridgehead atoms. The second-order valence-corrected chi connectivity index (χ2v) is 9.04. The van der Waals surface area contributed by atoms with Gasteiger partial charge in [0.15, 0.2) is 0 Å². The van der Waals surface area contributed by atoms with Gasteiger partial charge in [-0.3, -0.25) is 5.32 Å². The zero-order valence-electron chi connectivity index (χ0n) is 16.3. The van der Waals surface area contributed by atoms with Crippen LogP contribution in [-0.4, -0.2) is 41.4 Å². The van der Waals surface area contributed by atoms with Crippen LogP contribution in [0.4, 0.5) is 0 Å². The van der Waals surface area contributed by atoms with Gasteiger partial charge in [0.2, 0.25) is 0 Å². The molecular formula is C22H30N2OS2. The monoisotopic (exact) mass is 402 g/mol. The first-order valence-corrected chi connectivity index (χ1v) is 11.7. The lowest BCUT2D eigenvalue weighted by molar-refractivity contribution is 0.0156. The highest BCUT2D eigenvalue weighted by Gasteiger charge is 2.26. The van der Waals surface area contributed by atoms with Gasteiger partial charge in [-0.2, -0.15) is 11.8 Å². The number of benzene rings is 2. The van der Waals surface area contributed by atoms with E-state index >= 15 is 0 Å². The van der Waals surface area contributed by atoms with Crippen molar-refractivity contribution < 1.29 is 4.74 Å². The second kappa shape index (κ2) is 11.1. The van der Waals surface area contributed by atoms with Crippen molar-refractivity contribution in [2.75, 3.05) is 24.7 Å². The standard InChI is InChI=1S/C22H30N2OS2/c1-3-25-22(14-11-19-7-5-4-6-8-19)23-21-17-26-16-15-24(21)27-20-12-9-18(2)10-13-20/h4-10,12-13,21-23H,3,11,14-17H2,1-2H3. The minimum atomic E-state index is 0.0834. The molecule has 1 fully saturated rings. The van der Waals surface area contributed by atoms with E-state index in [1.807, 2.05) is 23.7 Å². The SMILES string of the molecule is CCOC(CCc1ccccc1)NC1CSCCN1Sc1ccc(C)cc1. The van der Waals surface area contributed by atoms with Crippen LogP contribution in [0.2, 0.25) is 0 Å². The Bertz CT molecular complexity index is 666. The zero-order chi connectivity index (χ0) is 18.9. The first-order chi connectivity index (χ1) is 13.2. The summed E-state index contributed by atoms with van der Waals surface area (Å²) in [6.45, 7) is 6.03. The lowest BCUT2D eigenvalue weighted by atomic mass is 10.1. The van der Waals surface area contributed by atoms with Crippen LogP contribution in [0, 0.1) is 6.92 Å². The van der Waals surface area contributed by atoms with Crippen molar-refractivity contribution in [3.05, 3.63) is 65.7 Å². The van der Waals surface area contributed by atoms with E-state index in [2.05, 4.69) is 78.1 Å². The molecule has 1 heterocycles. The average molecular weight is 403 g/mol. The minimum absolute atomic E-state index is 0.0834. The van der Waals surface area contributed by atoms with Crippen LogP contribution in [0.3, 0.4) is 0 Å². The number of hydrogen-bond donors (Lipinski definition) is 1. The van der Waals surface area contributed by atoms with Crippen molar-refractivity contribution in [2.24, 2.45) is 0 Å². The van der Waals surface area contributed by atoms with Crippen LogP contribution in [0.25, 0.3) is 0 Å². The largest absolute Gasteiger partial charge is 0.364 e. The van der Waals surface area contributed by atoms with E-state index in [0.29, 0.717) is 6.17 Å². The van der Waals surface area contributed by atoms with E-state index in [4.69, 9.17) is 4.74 Å². The van der Waals surface area contributed by atoms with Crippen LogP contribution < -0.4 is 5.32 Å². The molecule has 3 rings (SSSR count). The fourth-order valence-electron chi connectivity index (χ4n) is 3.14. The van der Waals surface area contributed by atoms with Crippen LogP contribution in [-0.2, 0) is 11.2 Å². The summed E-state index contributed by atoms with van der Waals surface area (Å²) < 4.78 is 8.51. The molecule has 0 spiro atoms. The van der Waals surface area contributed by atoms with Crippen molar-refractivity contribution in [1.29, 1.82) is 0 Å². The molecule has 1 saturated heterocycles. The van der Waals surface area contributed by atoms with E-state index in [9.17, 15) is 0 Å². The van der Waals surface area contributed by atoms with Gasteiger partial charge in [-0.25, -0.2) is 4.31 Å². The van der Waals surface area contributed by atoms with Crippen LogP contribution in [0.5, 0.6) is 0 Å². The van der Waals surface area contributed by atoms with Gasteiger partial charge in [0.1, 0.15) is 6.23 Å². The van der Waals surface area contributed by atoms with E-state index in [1.165, 1.54) is 21.8 Å². The third-order valence-corrected chi connectivity index (χ3v) is 6.78. The molecule has 1 aliphatic heterocycles. The van der Waals surface area contributed by atoms with Crippen molar-refractivity contribution >= 4 is 23.7 Å². The molecule has 0 aliphatic carbocycles. The van der Waals surface area contributed by atoms with Gasteiger partial charge in [0.05, 0.1) is 6.17 Å². The Balaban J connectivity index is 1.58. The predicted molar refractivity (Wildman–Crippen MR) is 118 cm³/mol. The molecule has 0 saturated carbocycles. The molecule has 2 unspecified atom stereocenters. The maximum Gasteiger partial charge on any atom is 0.109 e. The van der Waals surface area contributed by atoms with Gasteiger partial charge >= 0.3 is 0 Å². The van der Waals surface area contributed by atoms with E-state index in [-0.39, 0.29) is 6.23 Å². The Morgan fingerprint density at radius 1 is 1.19 bits per heavy atom. The fourth-order valence-corrected chi connectivity index (χ4v) is 5.31. The highest BCUT2D eigenvalue weighted by atomic mass is 32.2. The fraction of sp³-hybridized carbons (Fsp3) is 0.455.